The molecule has 25 heavy (non-hydrogen) atoms. The summed E-state index contributed by atoms with van der Waals surface area (Å²) in [5.74, 6) is -0.638. The van der Waals surface area contributed by atoms with E-state index in [1.165, 1.54) is 25.3 Å². The molecule has 126 valence electrons. The molecular weight excluding hydrogens is 325 g/mol. The van der Waals surface area contributed by atoms with Crippen molar-refractivity contribution in [2.24, 2.45) is 0 Å². The number of fused-ring (bicyclic) bond motifs is 3. The Hall–Kier alpha value is -3.15. The molecule has 0 saturated carbocycles. The number of benzene rings is 1. The second-order valence-electron chi connectivity index (χ2n) is 5.86. The average molecular weight is 339 g/mol. The minimum absolute atomic E-state index is 0.0764. The number of methoxy groups -OCH3 is 1. The number of rotatable bonds is 2. The molecule has 3 aromatic rings. The van der Waals surface area contributed by atoms with Gasteiger partial charge >= 0.3 is 5.97 Å². The van der Waals surface area contributed by atoms with Gasteiger partial charge in [-0.3, -0.25) is 4.79 Å². The Kier molecular flexibility index (Phi) is 3.53. The Labute approximate surface area is 142 Å². The number of halogens is 1. The van der Waals surface area contributed by atoms with E-state index >= 15 is 0 Å². The Morgan fingerprint density at radius 2 is 2.12 bits per heavy atom. The van der Waals surface area contributed by atoms with Gasteiger partial charge in [-0.05, 0) is 49.2 Å². The maximum absolute atomic E-state index is 13.6. The van der Waals surface area contributed by atoms with Gasteiger partial charge in [0.15, 0.2) is 5.78 Å². The third-order valence-electron chi connectivity index (χ3n) is 4.33. The van der Waals surface area contributed by atoms with Crippen LogP contribution in [-0.4, -0.2) is 23.8 Å². The summed E-state index contributed by atoms with van der Waals surface area (Å²) < 4.78 is 23.6. The summed E-state index contributed by atoms with van der Waals surface area (Å²) in [6.07, 6.45) is 2.80. The van der Waals surface area contributed by atoms with E-state index in [2.05, 4.69) is 9.72 Å². The summed E-state index contributed by atoms with van der Waals surface area (Å²) in [5.41, 5.74) is 2.62. The van der Waals surface area contributed by atoms with E-state index in [1.807, 2.05) is 0 Å². The highest BCUT2D eigenvalue weighted by molar-refractivity contribution is 6.19. The van der Waals surface area contributed by atoms with E-state index in [0.29, 0.717) is 35.1 Å². The minimum atomic E-state index is -0.575. The molecule has 1 aliphatic rings. The van der Waals surface area contributed by atoms with Crippen molar-refractivity contribution in [3.63, 3.8) is 0 Å². The van der Waals surface area contributed by atoms with Gasteiger partial charge in [0.25, 0.3) is 0 Å². The van der Waals surface area contributed by atoms with Crippen LogP contribution in [0.2, 0.25) is 0 Å². The molecule has 0 fully saturated rings. The zero-order chi connectivity index (χ0) is 17.6. The molecule has 2 aromatic heterocycles. The lowest BCUT2D eigenvalue weighted by molar-refractivity contribution is 0.0564. The molecule has 1 aliphatic carbocycles. The lowest BCUT2D eigenvalue weighted by Gasteiger charge is -2.13. The lowest BCUT2D eigenvalue weighted by atomic mass is 9.89. The topological polar surface area (TPSA) is 72.3 Å². The number of ether oxygens (including phenoxy) is 1. The van der Waals surface area contributed by atoms with E-state index in [0.717, 1.165) is 11.2 Å². The van der Waals surface area contributed by atoms with Crippen molar-refractivity contribution in [1.29, 1.82) is 0 Å². The molecule has 0 spiro atoms. The van der Waals surface area contributed by atoms with Crippen LogP contribution in [0.3, 0.4) is 0 Å². The fourth-order valence-corrected chi connectivity index (χ4v) is 3.15. The average Bonchev–Trinajstić information content (AvgIpc) is 3.21. The summed E-state index contributed by atoms with van der Waals surface area (Å²) in [5, 5.41) is 0.584. The first kappa shape index (κ1) is 15.4. The number of aromatic amines is 1. The summed E-state index contributed by atoms with van der Waals surface area (Å²) in [6, 6.07) is 7.47. The Morgan fingerprint density at radius 1 is 1.28 bits per heavy atom. The van der Waals surface area contributed by atoms with Crippen molar-refractivity contribution in [2.45, 2.75) is 12.8 Å². The van der Waals surface area contributed by atoms with E-state index in [9.17, 15) is 14.0 Å². The number of ketones is 1. The number of aryl methyl sites for hydroxylation is 1. The molecule has 6 heteroatoms. The second-order valence-corrected chi connectivity index (χ2v) is 5.86. The number of carbonyl (C=O) groups is 2. The molecule has 0 amide bonds. The Balaban J connectivity index is 1.74. The third-order valence-corrected chi connectivity index (χ3v) is 4.33. The first-order chi connectivity index (χ1) is 12.1. The number of nitrogens with one attached hydrogen (secondary N) is 1. The van der Waals surface area contributed by atoms with Crippen molar-refractivity contribution < 1.29 is 23.1 Å². The lowest BCUT2D eigenvalue weighted by Crippen LogP contribution is -2.13. The summed E-state index contributed by atoms with van der Waals surface area (Å²) >= 11 is 0. The SMILES string of the molecule is COC(=O)c1ccc(C=C2CCc3[nH]c4ccc(F)cc4c3C2=O)o1. The van der Waals surface area contributed by atoms with E-state index in [-0.39, 0.29) is 17.4 Å². The zero-order valence-electron chi connectivity index (χ0n) is 13.4. The van der Waals surface area contributed by atoms with Crippen LogP contribution in [0.25, 0.3) is 17.0 Å². The number of carbonyl (C=O) groups excluding carboxylic acids is 2. The fourth-order valence-electron chi connectivity index (χ4n) is 3.15. The third kappa shape index (κ3) is 2.55. The molecule has 1 aromatic carbocycles. The molecule has 0 atom stereocenters. The van der Waals surface area contributed by atoms with Crippen LogP contribution in [0.5, 0.6) is 0 Å². The van der Waals surface area contributed by atoms with Crippen LogP contribution in [-0.2, 0) is 11.2 Å². The van der Waals surface area contributed by atoms with Gasteiger partial charge in [-0.15, -0.1) is 0 Å². The van der Waals surface area contributed by atoms with Gasteiger partial charge < -0.3 is 14.1 Å². The highest BCUT2D eigenvalue weighted by Gasteiger charge is 2.26. The second kappa shape index (κ2) is 5.73. The van der Waals surface area contributed by atoms with Gasteiger partial charge in [0.05, 0.1) is 12.7 Å². The van der Waals surface area contributed by atoms with Crippen LogP contribution < -0.4 is 0 Å². The van der Waals surface area contributed by atoms with Crippen molar-refractivity contribution in [2.75, 3.05) is 7.11 Å². The zero-order valence-corrected chi connectivity index (χ0v) is 13.4. The van der Waals surface area contributed by atoms with Crippen LogP contribution in [0.4, 0.5) is 4.39 Å². The fraction of sp³-hybridized carbons (Fsp3) is 0.158. The Bertz CT molecular complexity index is 1040. The van der Waals surface area contributed by atoms with Gasteiger partial charge in [-0.2, -0.15) is 0 Å². The number of H-pyrrole nitrogens is 1. The maximum atomic E-state index is 13.6. The van der Waals surface area contributed by atoms with Gasteiger partial charge in [0, 0.05) is 22.2 Å². The van der Waals surface area contributed by atoms with E-state index < -0.39 is 5.97 Å². The first-order valence-electron chi connectivity index (χ1n) is 7.80. The molecule has 1 N–H and O–H groups in total. The van der Waals surface area contributed by atoms with Crippen LogP contribution >= 0.6 is 0 Å². The molecule has 5 nitrogen and oxygen atoms in total. The summed E-state index contributed by atoms with van der Waals surface area (Å²) in [7, 11) is 1.27. The van der Waals surface area contributed by atoms with Gasteiger partial charge in [-0.1, -0.05) is 0 Å². The highest BCUT2D eigenvalue weighted by atomic mass is 19.1. The molecule has 0 saturated heterocycles. The van der Waals surface area contributed by atoms with Gasteiger partial charge in [-0.25, -0.2) is 9.18 Å². The number of hydrogen-bond donors (Lipinski definition) is 1. The molecule has 0 aliphatic heterocycles. The van der Waals surface area contributed by atoms with Crippen molar-refractivity contribution in [3.05, 3.63) is 64.5 Å². The van der Waals surface area contributed by atoms with Crippen LogP contribution in [0.1, 0.15) is 38.8 Å². The van der Waals surface area contributed by atoms with Crippen LogP contribution in [0, 0.1) is 5.82 Å². The molecule has 0 radical (unpaired) electrons. The monoisotopic (exact) mass is 339 g/mol. The molecule has 4 rings (SSSR count). The molecular formula is C19H14FNO4. The van der Waals surface area contributed by atoms with Crippen molar-refractivity contribution >= 4 is 28.7 Å². The van der Waals surface area contributed by atoms with Crippen molar-refractivity contribution in [1.82, 2.24) is 4.98 Å². The number of furan rings is 1. The summed E-state index contributed by atoms with van der Waals surface area (Å²) in [4.78, 5) is 27.5. The van der Waals surface area contributed by atoms with Crippen molar-refractivity contribution in [3.8, 4) is 0 Å². The Morgan fingerprint density at radius 3 is 2.92 bits per heavy atom. The number of aromatic nitrogens is 1. The predicted molar refractivity (Wildman–Crippen MR) is 88.9 cm³/mol. The molecule has 0 bridgehead atoms. The van der Waals surface area contributed by atoms with E-state index in [1.54, 1.807) is 18.2 Å². The minimum Gasteiger partial charge on any atom is -0.463 e. The van der Waals surface area contributed by atoms with Crippen LogP contribution in [0.15, 0.2) is 40.3 Å². The number of esters is 1. The van der Waals surface area contributed by atoms with E-state index in [4.69, 9.17) is 4.42 Å². The summed E-state index contributed by atoms with van der Waals surface area (Å²) in [6.45, 7) is 0. The highest BCUT2D eigenvalue weighted by Crippen LogP contribution is 2.32. The number of Topliss-reactive ketones (excluding diaryl/α,β-unsaturated/α-hetero) is 1. The normalized spacial score (nSPS) is 15.6. The molecule has 0 unspecified atom stereocenters. The largest absolute Gasteiger partial charge is 0.463 e. The predicted octanol–water partition coefficient (Wildman–Crippen LogP) is 3.90. The van der Waals surface area contributed by atoms with Gasteiger partial charge in [0.1, 0.15) is 11.6 Å². The quantitative estimate of drug-likeness (QED) is 0.568. The maximum Gasteiger partial charge on any atom is 0.373 e. The molecule has 2 heterocycles. The number of hydrogen-bond acceptors (Lipinski definition) is 4. The first-order valence-corrected chi connectivity index (χ1v) is 7.80. The standard InChI is InChI=1S/C19H14FNO4/c1-24-19(23)16-7-4-12(25-16)8-10-2-5-15-17(18(10)22)13-9-11(20)3-6-14(13)21-15/h3-4,6-9,21H,2,5H2,1H3. The number of allylic oxidation sites excluding steroid dienone is 1. The smallest absolute Gasteiger partial charge is 0.373 e. The van der Waals surface area contributed by atoms with Gasteiger partial charge in [0.2, 0.25) is 5.76 Å².